The minimum absolute atomic E-state index is 0.201. The Morgan fingerprint density at radius 3 is 2.57 bits per heavy atom. The minimum Gasteiger partial charge on any atom is -0.394 e. The Morgan fingerprint density at radius 1 is 2.00 bits per heavy atom. The number of nitrogens with one attached hydrogen (secondary N) is 1. The lowest BCUT2D eigenvalue weighted by Gasteiger charge is -1.98. The molecule has 42 valence electrons. The Labute approximate surface area is 47.3 Å². The second-order valence-electron chi connectivity index (χ2n) is 1.05. The third-order valence-corrected chi connectivity index (χ3v) is 0.858. The van der Waals surface area contributed by atoms with Crippen LogP contribution in [-0.4, -0.2) is 24.0 Å². The number of rotatable bonds is 3. The highest BCUT2D eigenvalue weighted by Gasteiger charge is 1.97. The van der Waals surface area contributed by atoms with E-state index in [0.717, 1.165) is 0 Å². The molecule has 0 spiro atoms. The molecule has 0 aliphatic rings. The SMILES string of the molecule is O=C[C@H](CO)NS. The van der Waals surface area contributed by atoms with Crippen molar-refractivity contribution in [2.45, 2.75) is 6.04 Å². The zero-order chi connectivity index (χ0) is 5.70. The second-order valence-corrected chi connectivity index (χ2v) is 1.31. The van der Waals surface area contributed by atoms with Crippen LogP contribution in [0, 0.1) is 0 Å². The first-order valence-electron chi connectivity index (χ1n) is 1.81. The lowest BCUT2D eigenvalue weighted by atomic mass is 10.4. The first kappa shape index (κ1) is 6.94. The summed E-state index contributed by atoms with van der Waals surface area (Å²) < 4.78 is 2.28. The van der Waals surface area contributed by atoms with Gasteiger partial charge < -0.3 is 9.90 Å². The summed E-state index contributed by atoms with van der Waals surface area (Å²) in [5.41, 5.74) is 0. The zero-order valence-electron chi connectivity index (χ0n) is 3.66. The molecule has 7 heavy (non-hydrogen) atoms. The van der Waals surface area contributed by atoms with Crippen LogP contribution >= 0.6 is 12.8 Å². The van der Waals surface area contributed by atoms with Crippen molar-refractivity contribution in [3.05, 3.63) is 0 Å². The van der Waals surface area contributed by atoms with Crippen molar-refractivity contribution in [1.82, 2.24) is 4.72 Å². The Bertz CT molecular complexity index is 54.9. The number of carbonyl (C=O) groups excluding carboxylic acids is 1. The number of aldehydes is 1. The van der Waals surface area contributed by atoms with Crippen LogP contribution in [0.15, 0.2) is 0 Å². The van der Waals surface area contributed by atoms with E-state index >= 15 is 0 Å². The third kappa shape index (κ3) is 2.61. The summed E-state index contributed by atoms with van der Waals surface area (Å²) in [6, 6.07) is -0.525. The van der Waals surface area contributed by atoms with Crippen LogP contribution in [-0.2, 0) is 4.79 Å². The standard InChI is InChI=1S/C3H7NO2S/c5-1-3(2-6)4-7/h1,3-4,6-7H,2H2/t3-/m1/s1. The lowest BCUT2D eigenvalue weighted by Crippen LogP contribution is -2.26. The topological polar surface area (TPSA) is 49.3 Å². The van der Waals surface area contributed by atoms with Crippen LogP contribution in [0.4, 0.5) is 0 Å². The summed E-state index contributed by atoms with van der Waals surface area (Å²) in [6.07, 6.45) is 0.590. The van der Waals surface area contributed by atoms with E-state index in [1.165, 1.54) is 0 Å². The van der Waals surface area contributed by atoms with E-state index in [9.17, 15) is 4.79 Å². The molecule has 0 unspecified atom stereocenters. The quantitative estimate of drug-likeness (QED) is 0.331. The average molecular weight is 121 g/mol. The van der Waals surface area contributed by atoms with Gasteiger partial charge in [0.2, 0.25) is 0 Å². The number of hydrogen-bond acceptors (Lipinski definition) is 4. The zero-order valence-corrected chi connectivity index (χ0v) is 4.56. The highest BCUT2D eigenvalue weighted by Crippen LogP contribution is 1.73. The highest BCUT2D eigenvalue weighted by atomic mass is 32.1. The van der Waals surface area contributed by atoms with E-state index in [-0.39, 0.29) is 6.61 Å². The largest absolute Gasteiger partial charge is 0.394 e. The second kappa shape index (κ2) is 4.11. The van der Waals surface area contributed by atoms with Gasteiger partial charge >= 0.3 is 0 Å². The number of aliphatic hydroxyl groups is 1. The lowest BCUT2D eigenvalue weighted by molar-refractivity contribution is -0.109. The third-order valence-electron chi connectivity index (χ3n) is 0.527. The van der Waals surface area contributed by atoms with Crippen LogP contribution in [0.3, 0.4) is 0 Å². The summed E-state index contributed by atoms with van der Waals surface area (Å²) in [6.45, 7) is -0.201. The van der Waals surface area contributed by atoms with Crippen LogP contribution in [0.25, 0.3) is 0 Å². The maximum Gasteiger partial charge on any atom is 0.140 e. The molecule has 4 heteroatoms. The van der Waals surface area contributed by atoms with Gasteiger partial charge in [0.25, 0.3) is 0 Å². The van der Waals surface area contributed by atoms with Gasteiger partial charge in [0.15, 0.2) is 0 Å². The fourth-order valence-corrected chi connectivity index (χ4v) is 0.257. The maximum absolute atomic E-state index is 9.70. The molecule has 0 amide bonds. The van der Waals surface area contributed by atoms with Gasteiger partial charge in [-0.05, 0) is 0 Å². The molecule has 0 rings (SSSR count). The average Bonchev–Trinajstić information content (AvgIpc) is 1.72. The predicted octanol–water partition coefficient (Wildman–Crippen LogP) is -1.02. The van der Waals surface area contributed by atoms with Crippen molar-refractivity contribution < 1.29 is 9.90 Å². The van der Waals surface area contributed by atoms with Crippen molar-refractivity contribution >= 4 is 19.1 Å². The van der Waals surface area contributed by atoms with E-state index in [1.807, 2.05) is 0 Å². The first-order chi connectivity index (χ1) is 3.35. The number of hydrogen-bond donors (Lipinski definition) is 3. The molecule has 0 aromatic rings. The Balaban J connectivity index is 3.16. The van der Waals surface area contributed by atoms with Crippen LogP contribution in [0.5, 0.6) is 0 Å². The molecule has 0 aromatic carbocycles. The van der Waals surface area contributed by atoms with Crippen LogP contribution in [0.2, 0.25) is 0 Å². The van der Waals surface area contributed by atoms with Crippen molar-refractivity contribution in [3.63, 3.8) is 0 Å². The molecule has 0 saturated heterocycles. The van der Waals surface area contributed by atoms with E-state index < -0.39 is 6.04 Å². The smallest absolute Gasteiger partial charge is 0.140 e. The van der Waals surface area contributed by atoms with Gasteiger partial charge in [-0.1, -0.05) is 12.8 Å². The van der Waals surface area contributed by atoms with Crippen LogP contribution in [0.1, 0.15) is 0 Å². The van der Waals surface area contributed by atoms with E-state index in [0.29, 0.717) is 6.29 Å². The number of carbonyl (C=O) groups is 1. The Kier molecular flexibility index (Phi) is 4.07. The summed E-state index contributed by atoms with van der Waals surface area (Å²) >= 11 is 3.53. The van der Waals surface area contributed by atoms with Crippen molar-refractivity contribution in [1.29, 1.82) is 0 Å². The van der Waals surface area contributed by atoms with Gasteiger partial charge in [-0.2, -0.15) is 0 Å². The molecule has 0 bridgehead atoms. The molecule has 0 radical (unpaired) electrons. The van der Waals surface area contributed by atoms with Gasteiger partial charge in [-0.3, -0.25) is 4.72 Å². The van der Waals surface area contributed by atoms with Gasteiger partial charge in [0, 0.05) is 0 Å². The van der Waals surface area contributed by atoms with Gasteiger partial charge in [0.05, 0.1) is 12.6 Å². The van der Waals surface area contributed by atoms with Gasteiger partial charge in [-0.15, -0.1) is 0 Å². The molecule has 0 aromatic heterocycles. The molecule has 0 saturated carbocycles. The van der Waals surface area contributed by atoms with Crippen LogP contribution < -0.4 is 4.72 Å². The maximum atomic E-state index is 9.70. The molecule has 2 N–H and O–H groups in total. The molecule has 0 aliphatic heterocycles. The Morgan fingerprint density at radius 2 is 2.57 bits per heavy atom. The predicted molar refractivity (Wildman–Crippen MR) is 29.1 cm³/mol. The first-order valence-corrected chi connectivity index (χ1v) is 2.25. The van der Waals surface area contributed by atoms with Crippen molar-refractivity contribution in [2.24, 2.45) is 0 Å². The summed E-state index contributed by atoms with van der Waals surface area (Å²) in [4.78, 5) is 9.70. The highest BCUT2D eigenvalue weighted by molar-refractivity contribution is 7.78. The molecular weight excluding hydrogens is 114 g/mol. The molecule has 0 heterocycles. The number of thiol groups is 1. The summed E-state index contributed by atoms with van der Waals surface area (Å²) in [5.74, 6) is 0. The fraction of sp³-hybridized carbons (Fsp3) is 0.667. The fourth-order valence-electron chi connectivity index (χ4n) is 0.114. The minimum atomic E-state index is -0.525. The number of aliphatic hydroxyl groups excluding tert-OH is 1. The monoisotopic (exact) mass is 121 g/mol. The normalized spacial score (nSPS) is 13.4. The van der Waals surface area contributed by atoms with E-state index in [1.54, 1.807) is 0 Å². The molecule has 1 atom stereocenters. The molecular formula is C3H7NO2S. The van der Waals surface area contributed by atoms with Gasteiger partial charge in [-0.25, -0.2) is 0 Å². The summed E-state index contributed by atoms with van der Waals surface area (Å²) in [5, 5.41) is 8.18. The molecule has 3 nitrogen and oxygen atoms in total. The molecule has 0 aliphatic carbocycles. The van der Waals surface area contributed by atoms with E-state index in [2.05, 4.69) is 17.5 Å². The summed E-state index contributed by atoms with van der Waals surface area (Å²) in [7, 11) is 0. The van der Waals surface area contributed by atoms with Crippen molar-refractivity contribution in [2.75, 3.05) is 6.61 Å². The van der Waals surface area contributed by atoms with Crippen molar-refractivity contribution in [3.8, 4) is 0 Å². The van der Waals surface area contributed by atoms with E-state index in [4.69, 9.17) is 5.11 Å². The molecule has 0 fully saturated rings. The Hall–Kier alpha value is -0.0600. The van der Waals surface area contributed by atoms with Gasteiger partial charge in [0.1, 0.15) is 6.29 Å².